The quantitative estimate of drug-likeness (QED) is 0.0669. The molecule has 3 aromatic rings. The number of carbonyl (C=O) groups is 3. The molecule has 0 amide bonds. The second-order valence-electron chi connectivity index (χ2n) is 11.5. The Bertz CT molecular complexity index is 2020. The number of halogens is 3. The smallest absolute Gasteiger partial charge is 0.464 e. The molecule has 1 N–H and O–H groups in total. The highest BCUT2D eigenvalue weighted by Crippen LogP contribution is 2.42. The van der Waals surface area contributed by atoms with Crippen LogP contribution in [-0.2, 0) is 60.3 Å². The Morgan fingerprint density at radius 1 is 1.09 bits per heavy atom. The Labute approximate surface area is 316 Å². The van der Waals surface area contributed by atoms with Gasteiger partial charge < -0.3 is 28.4 Å². The molecule has 2 aromatic carbocycles. The molecular formula is C34H33F3N4O12S2. The van der Waals surface area contributed by atoms with Crippen molar-refractivity contribution in [2.75, 3.05) is 32.4 Å². The zero-order valence-electron chi connectivity index (χ0n) is 28.8. The summed E-state index contributed by atoms with van der Waals surface area (Å²) in [5, 5.41) is 11.7. The van der Waals surface area contributed by atoms with Gasteiger partial charge in [0.15, 0.2) is 17.6 Å². The van der Waals surface area contributed by atoms with E-state index in [1.54, 1.807) is 25.2 Å². The first-order valence-electron chi connectivity index (χ1n) is 16.0. The van der Waals surface area contributed by atoms with Crippen LogP contribution < -0.4 is 0 Å². The van der Waals surface area contributed by atoms with Crippen molar-refractivity contribution >= 4 is 46.1 Å². The van der Waals surface area contributed by atoms with Gasteiger partial charge in [-0.05, 0) is 37.3 Å². The summed E-state index contributed by atoms with van der Waals surface area (Å²) in [5.41, 5.74) is -1.76. The van der Waals surface area contributed by atoms with Gasteiger partial charge in [-0.2, -0.15) is 18.8 Å². The summed E-state index contributed by atoms with van der Waals surface area (Å²) in [7, 11) is -4.63. The van der Waals surface area contributed by atoms with Crippen LogP contribution in [0.2, 0.25) is 0 Å². The molecule has 0 radical (unpaired) electrons. The monoisotopic (exact) mass is 810 g/mol. The SMILES string of the molecule is CC(SC1COC(C=CC=Cc2ccc(C#N)cc2F)OC1)C(Cn1cncn1)(OC(=O)OCOC(=O)CCOC(=O)CS(=O)(=O)O)c1ccc(F)cc1F. The normalized spacial score (nSPS) is 17.6. The number of carbonyl (C=O) groups excluding carboxylic acids is 3. The van der Waals surface area contributed by atoms with E-state index in [0.717, 1.165) is 18.2 Å². The number of benzene rings is 2. The Kier molecular flexibility index (Phi) is 15.4. The summed E-state index contributed by atoms with van der Waals surface area (Å²) in [4.78, 5) is 40.4. The van der Waals surface area contributed by atoms with Crippen molar-refractivity contribution in [3.8, 4) is 6.07 Å². The number of nitrogens with zero attached hydrogens (tertiary/aromatic N) is 4. The summed E-state index contributed by atoms with van der Waals surface area (Å²) in [6.45, 7) is -0.107. The van der Waals surface area contributed by atoms with E-state index in [1.165, 1.54) is 47.3 Å². The second-order valence-corrected chi connectivity index (χ2v) is 14.6. The molecular weight excluding hydrogens is 778 g/mol. The van der Waals surface area contributed by atoms with Gasteiger partial charge in [0, 0.05) is 22.4 Å². The molecule has 0 spiro atoms. The third-order valence-electron chi connectivity index (χ3n) is 7.51. The van der Waals surface area contributed by atoms with Crippen LogP contribution in [0.15, 0.2) is 67.3 Å². The maximum absolute atomic E-state index is 15.6. The van der Waals surface area contributed by atoms with Crippen LogP contribution in [0, 0.1) is 28.8 Å². The Morgan fingerprint density at radius 3 is 2.51 bits per heavy atom. The fraction of sp³-hybridized carbons (Fsp3) is 0.353. The van der Waals surface area contributed by atoms with E-state index in [0.29, 0.717) is 6.07 Å². The minimum Gasteiger partial charge on any atom is -0.464 e. The van der Waals surface area contributed by atoms with Gasteiger partial charge in [0.1, 0.15) is 36.7 Å². The molecule has 21 heteroatoms. The molecule has 1 aliphatic heterocycles. The van der Waals surface area contributed by atoms with Crippen LogP contribution in [-0.4, -0.2) is 95.0 Å². The highest BCUT2D eigenvalue weighted by atomic mass is 32.2. The van der Waals surface area contributed by atoms with E-state index in [9.17, 15) is 31.6 Å². The average molecular weight is 811 g/mol. The molecule has 1 aliphatic rings. The van der Waals surface area contributed by atoms with E-state index in [1.807, 2.05) is 6.07 Å². The first kappa shape index (κ1) is 42.5. The van der Waals surface area contributed by atoms with Gasteiger partial charge in [-0.3, -0.25) is 14.1 Å². The highest BCUT2D eigenvalue weighted by molar-refractivity contribution is 8.00. The minimum atomic E-state index is -4.63. The van der Waals surface area contributed by atoms with Gasteiger partial charge in [0.25, 0.3) is 10.1 Å². The number of hydrogen-bond acceptors (Lipinski definition) is 15. The molecule has 16 nitrogen and oxygen atoms in total. The standard InChI is InChI=1S/C34H33F3N4O12S2/c1-22(54-26-15-49-32(50-16-26)5-3-2-4-24-7-6-23(14-38)12-28(24)36)34(18-41-20-39-19-40-41,27-9-8-25(35)13-29(27)37)53-33(44)52-21-51-30(42)10-11-48-31(43)17-55(45,46)47/h2-9,12-13,19-20,22,26,32H,10-11,15-18,21H2,1H3,(H,45,46,47). The lowest BCUT2D eigenvalue weighted by Crippen LogP contribution is -2.47. The van der Waals surface area contributed by atoms with E-state index >= 15 is 4.39 Å². The highest BCUT2D eigenvalue weighted by Gasteiger charge is 2.47. The Morgan fingerprint density at radius 2 is 1.85 bits per heavy atom. The van der Waals surface area contributed by atoms with Crippen LogP contribution in [0.3, 0.4) is 0 Å². The average Bonchev–Trinajstić information content (AvgIpc) is 3.63. The summed E-state index contributed by atoms with van der Waals surface area (Å²) >= 11 is 1.19. The summed E-state index contributed by atoms with van der Waals surface area (Å²) in [6.07, 6.45) is 5.96. The van der Waals surface area contributed by atoms with Crippen molar-refractivity contribution in [3.05, 3.63) is 101 Å². The summed E-state index contributed by atoms with van der Waals surface area (Å²) in [6, 6.07) is 8.63. The van der Waals surface area contributed by atoms with Crippen molar-refractivity contribution in [3.63, 3.8) is 0 Å². The van der Waals surface area contributed by atoms with Crippen LogP contribution in [0.1, 0.15) is 30.0 Å². The van der Waals surface area contributed by atoms with E-state index < -0.39 is 93.6 Å². The molecule has 0 saturated carbocycles. The van der Waals surface area contributed by atoms with Gasteiger partial charge in [0.2, 0.25) is 6.79 Å². The minimum absolute atomic E-state index is 0.120. The molecule has 0 aliphatic carbocycles. The Balaban J connectivity index is 1.42. The van der Waals surface area contributed by atoms with Crippen LogP contribution in [0.4, 0.5) is 18.0 Å². The van der Waals surface area contributed by atoms with Crippen molar-refractivity contribution in [2.45, 2.75) is 42.3 Å². The molecule has 4 rings (SSSR count). The number of nitriles is 1. The molecule has 1 saturated heterocycles. The molecule has 0 bridgehead atoms. The summed E-state index contributed by atoms with van der Waals surface area (Å²) < 4.78 is 107. The third kappa shape index (κ3) is 13.2. The fourth-order valence-electron chi connectivity index (χ4n) is 4.96. The third-order valence-corrected chi connectivity index (χ3v) is 9.56. The van der Waals surface area contributed by atoms with E-state index in [-0.39, 0.29) is 36.4 Å². The molecule has 55 heavy (non-hydrogen) atoms. The lowest BCUT2D eigenvalue weighted by atomic mass is 9.89. The van der Waals surface area contributed by atoms with Gasteiger partial charge in [-0.1, -0.05) is 24.3 Å². The van der Waals surface area contributed by atoms with Crippen molar-refractivity contribution < 1.29 is 68.9 Å². The molecule has 2 atom stereocenters. The fourth-order valence-corrected chi connectivity index (χ4v) is 6.70. The van der Waals surface area contributed by atoms with Gasteiger partial charge >= 0.3 is 18.1 Å². The molecule has 1 aromatic heterocycles. The number of thioether (sulfide) groups is 1. The largest absolute Gasteiger partial charge is 0.512 e. The van der Waals surface area contributed by atoms with Crippen LogP contribution >= 0.6 is 11.8 Å². The lowest BCUT2D eigenvalue weighted by Gasteiger charge is -2.40. The number of rotatable bonds is 17. The van der Waals surface area contributed by atoms with E-state index in [2.05, 4.69) is 14.8 Å². The number of aromatic nitrogens is 3. The first-order chi connectivity index (χ1) is 26.2. The van der Waals surface area contributed by atoms with Gasteiger partial charge in [-0.15, -0.1) is 11.8 Å². The summed E-state index contributed by atoms with van der Waals surface area (Å²) in [5.74, 6) is -6.19. The number of allylic oxidation sites excluding steroid dienone is 2. The van der Waals surface area contributed by atoms with Gasteiger partial charge in [0.05, 0.1) is 43.1 Å². The topological polar surface area (TPSA) is 215 Å². The number of esters is 2. The van der Waals surface area contributed by atoms with Crippen molar-refractivity contribution in [1.82, 2.24) is 14.8 Å². The van der Waals surface area contributed by atoms with Crippen LogP contribution in [0.5, 0.6) is 0 Å². The van der Waals surface area contributed by atoms with Crippen molar-refractivity contribution in [1.29, 1.82) is 5.26 Å². The second kappa shape index (κ2) is 19.9. The van der Waals surface area contributed by atoms with E-state index in [4.69, 9.17) is 33.5 Å². The first-order valence-corrected chi connectivity index (χ1v) is 18.6. The zero-order valence-corrected chi connectivity index (χ0v) is 30.4. The van der Waals surface area contributed by atoms with Gasteiger partial charge in [-0.25, -0.2) is 27.6 Å². The maximum atomic E-state index is 15.6. The van der Waals surface area contributed by atoms with Crippen molar-refractivity contribution in [2.24, 2.45) is 0 Å². The maximum Gasteiger partial charge on any atom is 0.512 e. The molecule has 2 heterocycles. The zero-order chi connectivity index (χ0) is 40.0. The molecule has 294 valence electrons. The molecule has 1 fully saturated rings. The van der Waals surface area contributed by atoms with Crippen LogP contribution in [0.25, 0.3) is 6.08 Å². The predicted octanol–water partition coefficient (Wildman–Crippen LogP) is 4.07. The number of hydrogen-bond donors (Lipinski definition) is 1. The lowest BCUT2D eigenvalue weighted by molar-refractivity contribution is -0.157. The predicted molar refractivity (Wildman–Crippen MR) is 184 cm³/mol. The number of ether oxygens (including phenoxy) is 6. The molecule has 2 unspecified atom stereocenters. The Hall–Kier alpha value is -5.27.